The van der Waals surface area contributed by atoms with E-state index in [1.165, 1.54) is 7.11 Å². The number of rotatable bonds is 6. The lowest BCUT2D eigenvalue weighted by atomic mass is 10.0. The van der Waals surface area contributed by atoms with Gasteiger partial charge in [0.1, 0.15) is 6.04 Å². The van der Waals surface area contributed by atoms with Crippen molar-refractivity contribution in [3.8, 4) is 11.5 Å². The molecule has 1 saturated heterocycles. The van der Waals surface area contributed by atoms with Gasteiger partial charge in [-0.2, -0.15) is 0 Å². The van der Waals surface area contributed by atoms with E-state index in [1.54, 1.807) is 18.2 Å². The van der Waals surface area contributed by atoms with Crippen molar-refractivity contribution in [2.45, 2.75) is 12.6 Å². The number of hydrogen-bond donors (Lipinski definition) is 0. The quantitative estimate of drug-likeness (QED) is 0.513. The minimum Gasteiger partial charge on any atom is -0.468 e. The molecule has 0 spiro atoms. The van der Waals surface area contributed by atoms with Gasteiger partial charge in [-0.1, -0.05) is 41.4 Å². The Bertz CT molecular complexity index is 1030. The predicted octanol–water partition coefficient (Wildman–Crippen LogP) is 4.08. The summed E-state index contributed by atoms with van der Waals surface area (Å²) in [6.45, 7) is 3.41. The molecule has 0 bridgehead atoms. The van der Waals surface area contributed by atoms with Crippen LogP contribution in [0.3, 0.4) is 0 Å². The predicted molar refractivity (Wildman–Crippen MR) is 118 cm³/mol. The van der Waals surface area contributed by atoms with Gasteiger partial charge in [-0.05, 0) is 35.9 Å². The molecule has 7 nitrogen and oxygen atoms in total. The van der Waals surface area contributed by atoms with E-state index in [-0.39, 0.29) is 5.97 Å². The molecule has 1 fully saturated rings. The van der Waals surface area contributed by atoms with Gasteiger partial charge in [-0.15, -0.1) is 10.2 Å². The van der Waals surface area contributed by atoms with Crippen LogP contribution in [0.15, 0.2) is 52.9 Å². The first-order chi connectivity index (χ1) is 15.0. The second kappa shape index (κ2) is 9.78. The van der Waals surface area contributed by atoms with Gasteiger partial charge < -0.3 is 9.15 Å². The molecule has 162 valence electrons. The molecule has 1 atom stereocenters. The van der Waals surface area contributed by atoms with E-state index in [1.807, 2.05) is 30.3 Å². The van der Waals surface area contributed by atoms with Gasteiger partial charge in [0.25, 0.3) is 0 Å². The molecule has 0 N–H and O–H groups in total. The lowest BCUT2D eigenvalue weighted by molar-refractivity contribution is -0.148. The van der Waals surface area contributed by atoms with Gasteiger partial charge in [0.05, 0.1) is 13.7 Å². The highest BCUT2D eigenvalue weighted by Gasteiger charge is 2.32. The zero-order valence-electron chi connectivity index (χ0n) is 17.0. The molecule has 1 aromatic heterocycles. The third-order valence-corrected chi connectivity index (χ3v) is 5.91. The Morgan fingerprint density at radius 2 is 1.77 bits per heavy atom. The zero-order chi connectivity index (χ0) is 21.8. The van der Waals surface area contributed by atoms with Crippen LogP contribution >= 0.6 is 23.2 Å². The Balaban J connectivity index is 1.39. The molecule has 4 rings (SSSR count). The third kappa shape index (κ3) is 5.07. The number of esters is 1. The Kier molecular flexibility index (Phi) is 6.87. The summed E-state index contributed by atoms with van der Waals surface area (Å²) in [6.07, 6.45) is 0. The Hall–Kier alpha value is -2.45. The van der Waals surface area contributed by atoms with Crippen molar-refractivity contribution in [1.82, 2.24) is 20.0 Å². The number of piperazine rings is 1. The van der Waals surface area contributed by atoms with Crippen molar-refractivity contribution in [1.29, 1.82) is 0 Å². The van der Waals surface area contributed by atoms with Crippen LogP contribution in [0, 0.1) is 0 Å². The van der Waals surface area contributed by atoms with Crippen LogP contribution in [-0.2, 0) is 16.1 Å². The van der Waals surface area contributed by atoms with Gasteiger partial charge in [0.15, 0.2) is 0 Å². The van der Waals surface area contributed by atoms with Crippen LogP contribution in [0.5, 0.6) is 0 Å². The molecular weight excluding hydrogens is 439 g/mol. The van der Waals surface area contributed by atoms with E-state index < -0.39 is 6.04 Å². The average Bonchev–Trinajstić information content (AvgIpc) is 3.25. The molecule has 1 aliphatic rings. The Morgan fingerprint density at radius 1 is 1.06 bits per heavy atom. The highest BCUT2D eigenvalue weighted by atomic mass is 35.5. The molecule has 9 heteroatoms. The van der Waals surface area contributed by atoms with Crippen molar-refractivity contribution in [2.24, 2.45) is 0 Å². The van der Waals surface area contributed by atoms with Crippen molar-refractivity contribution in [2.75, 3.05) is 33.3 Å². The number of carbonyl (C=O) groups excluding carboxylic acids is 1. The second-order valence-electron chi connectivity index (χ2n) is 7.27. The van der Waals surface area contributed by atoms with E-state index in [0.29, 0.717) is 41.5 Å². The van der Waals surface area contributed by atoms with Gasteiger partial charge in [0.2, 0.25) is 11.8 Å². The maximum atomic E-state index is 12.5. The van der Waals surface area contributed by atoms with E-state index in [0.717, 1.165) is 24.2 Å². The maximum absolute atomic E-state index is 12.5. The van der Waals surface area contributed by atoms with Crippen molar-refractivity contribution >= 4 is 29.2 Å². The average molecular weight is 461 g/mol. The van der Waals surface area contributed by atoms with Crippen LogP contribution < -0.4 is 0 Å². The van der Waals surface area contributed by atoms with E-state index in [4.69, 9.17) is 32.4 Å². The SMILES string of the molecule is COC(=O)[C@@H](c1ccccc1Cl)N1CCN(Cc2nnc(-c3ccc(Cl)cc3)o2)CC1. The Morgan fingerprint density at radius 3 is 2.45 bits per heavy atom. The minimum atomic E-state index is -0.527. The first-order valence-corrected chi connectivity index (χ1v) is 10.7. The highest BCUT2D eigenvalue weighted by molar-refractivity contribution is 6.31. The summed E-state index contributed by atoms with van der Waals surface area (Å²) in [4.78, 5) is 16.8. The molecule has 0 saturated carbocycles. The first-order valence-electron chi connectivity index (χ1n) is 9.92. The molecule has 3 aromatic rings. The number of benzene rings is 2. The molecule has 31 heavy (non-hydrogen) atoms. The molecule has 0 aliphatic carbocycles. The number of hydrogen-bond acceptors (Lipinski definition) is 7. The third-order valence-electron chi connectivity index (χ3n) is 5.31. The summed E-state index contributed by atoms with van der Waals surface area (Å²) < 4.78 is 10.9. The van der Waals surface area contributed by atoms with Crippen LogP contribution in [0.1, 0.15) is 17.5 Å². The number of aromatic nitrogens is 2. The second-order valence-corrected chi connectivity index (χ2v) is 8.11. The maximum Gasteiger partial charge on any atom is 0.327 e. The van der Waals surface area contributed by atoms with Crippen LogP contribution in [0.25, 0.3) is 11.5 Å². The number of nitrogens with zero attached hydrogens (tertiary/aromatic N) is 4. The summed E-state index contributed by atoms with van der Waals surface area (Å²) in [5.74, 6) is 0.704. The molecule has 1 aliphatic heterocycles. The molecule has 2 aromatic carbocycles. The van der Waals surface area contributed by atoms with Crippen LogP contribution in [0.4, 0.5) is 0 Å². The summed E-state index contributed by atoms with van der Waals surface area (Å²) in [7, 11) is 1.40. The normalized spacial score (nSPS) is 16.2. The molecule has 0 unspecified atom stereocenters. The summed E-state index contributed by atoms with van der Waals surface area (Å²) in [5.41, 5.74) is 1.59. The molecule has 0 radical (unpaired) electrons. The highest BCUT2D eigenvalue weighted by Crippen LogP contribution is 2.29. The minimum absolute atomic E-state index is 0.314. The van der Waals surface area contributed by atoms with Crippen LogP contribution in [-0.4, -0.2) is 59.3 Å². The fourth-order valence-electron chi connectivity index (χ4n) is 3.68. The van der Waals surface area contributed by atoms with E-state index >= 15 is 0 Å². The molecule has 2 heterocycles. The summed E-state index contributed by atoms with van der Waals surface area (Å²) in [6, 6.07) is 14.1. The fourth-order valence-corrected chi connectivity index (χ4v) is 4.04. The number of halogens is 2. The fraction of sp³-hybridized carbons (Fsp3) is 0.318. The first kappa shape index (κ1) is 21.8. The smallest absolute Gasteiger partial charge is 0.327 e. The standard InChI is InChI=1S/C22H22Cl2N4O3/c1-30-22(29)20(17-4-2-3-5-18(17)24)28-12-10-27(11-13-28)14-19-25-26-21(31-19)15-6-8-16(23)9-7-15/h2-9,20H,10-14H2,1H3/t20-/m1/s1. The molecular formula is C22H22Cl2N4O3. The van der Waals surface area contributed by atoms with E-state index in [9.17, 15) is 4.79 Å². The van der Waals surface area contributed by atoms with Gasteiger partial charge in [-0.3, -0.25) is 9.80 Å². The summed E-state index contributed by atoms with van der Waals surface area (Å²) in [5, 5.41) is 9.52. The van der Waals surface area contributed by atoms with Crippen molar-refractivity contribution in [3.63, 3.8) is 0 Å². The number of carbonyl (C=O) groups is 1. The lowest BCUT2D eigenvalue weighted by Crippen LogP contribution is -2.49. The van der Waals surface area contributed by atoms with Crippen LogP contribution in [0.2, 0.25) is 10.0 Å². The number of ether oxygens (including phenoxy) is 1. The van der Waals surface area contributed by atoms with Gasteiger partial charge in [-0.25, -0.2) is 4.79 Å². The van der Waals surface area contributed by atoms with Crippen molar-refractivity contribution < 1.29 is 13.9 Å². The van der Waals surface area contributed by atoms with Crippen molar-refractivity contribution in [3.05, 3.63) is 70.0 Å². The number of methoxy groups -OCH3 is 1. The monoisotopic (exact) mass is 460 g/mol. The van der Waals surface area contributed by atoms with Gasteiger partial charge in [0, 0.05) is 41.8 Å². The van der Waals surface area contributed by atoms with Gasteiger partial charge >= 0.3 is 5.97 Å². The van der Waals surface area contributed by atoms with E-state index in [2.05, 4.69) is 20.0 Å². The topological polar surface area (TPSA) is 71.7 Å². The summed E-state index contributed by atoms with van der Waals surface area (Å²) >= 11 is 12.3. The largest absolute Gasteiger partial charge is 0.468 e. The molecule has 0 amide bonds. The Labute approximate surface area is 190 Å². The lowest BCUT2D eigenvalue weighted by Gasteiger charge is -2.37. The zero-order valence-corrected chi connectivity index (χ0v) is 18.5.